The zero-order valence-electron chi connectivity index (χ0n) is 39.8. The molecule has 4 unspecified atom stereocenters. The number of rotatable bonds is 9. The maximum Gasteiger partial charge on any atom is 0.188 e. The van der Waals surface area contributed by atoms with Gasteiger partial charge in [-0.05, 0) is 153 Å². The summed E-state index contributed by atoms with van der Waals surface area (Å²) in [5, 5.41) is 1.10. The summed E-state index contributed by atoms with van der Waals surface area (Å²) in [6.07, 6.45) is -0.0968. The molecule has 0 radical (unpaired) electrons. The first-order valence-electron chi connectivity index (χ1n) is 22.8. The molecular weight excluding hydrogens is 1170 g/mol. The fourth-order valence-corrected chi connectivity index (χ4v) is 22.0. The first-order chi connectivity index (χ1) is 35.1. The molecule has 0 saturated carbocycles. The van der Waals surface area contributed by atoms with Gasteiger partial charge in [0.15, 0.2) is 39.3 Å². The normalized spacial score (nSPS) is 22.0. The largest absolute Gasteiger partial charge is 0.254 e. The van der Waals surface area contributed by atoms with Crippen LogP contribution in [0.3, 0.4) is 0 Å². The molecule has 3 heterocycles. The molecule has 9 nitrogen and oxygen atoms in total. The standard InChI is InChI=1S/C17H15ClF2O4S2.C17H15ClF2O3S2.C17H15ClF2O2S2/c1-2-17(26(23,24)12-5-3-11(18)4-6-12)9-10-25(21,22)16-14(20)8-7-13(19)15(16)17;1-2-17(25(22,23)12-5-3-11(18)4-6-12)9-10-24(21)16-14(20)8-7-13(19)15(16)17;1-2-17(24(21,22)12-5-3-11(18)4-6-12)9-10-23-16-14(20)8-7-13(19)15(16)17/h3-8H,2,9-10H2,1H3;3-8H,2,9-10H2,1H3;3-8H,2,9-10H2,1H3. The Morgan fingerprint density at radius 2 is 0.853 bits per heavy atom. The van der Waals surface area contributed by atoms with E-state index in [1.54, 1.807) is 13.8 Å². The second-order valence-corrected chi connectivity index (χ2v) is 30.3. The summed E-state index contributed by atoms with van der Waals surface area (Å²) >= 11 is 18.6. The Kier molecular flexibility index (Phi) is 17.3. The quantitative estimate of drug-likeness (QED) is 0.128. The van der Waals surface area contributed by atoms with Crippen molar-refractivity contribution < 1.29 is 64.2 Å². The van der Waals surface area contributed by atoms with Gasteiger partial charge in [0.05, 0.1) is 41.0 Å². The zero-order chi connectivity index (χ0) is 55.3. The topological polar surface area (TPSA) is 154 Å². The van der Waals surface area contributed by atoms with E-state index in [4.69, 9.17) is 34.8 Å². The van der Waals surface area contributed by atoms with E-state index >= 15 is 0 Å². The summed E-state index contributed by atoms with van der Waals surface area (Å²) in [4.78, 5) is -1.19. The van der Waals surface area contributed by atoms with E-state index in [1.807, 2.05) is 0 Å². The predicted molar refractivity (Wildman–Crippen MR) is 279 cm³/mol. The van der Waals surface area contributed by atoms with Crippen LogP contribution < -0.4 is 0 Å². The van der Waals surface area contributed by atoms with Crippen LogP contribution in [0.2, 0.25) is 15.1 Å². The Balaban J connectivity index is 0.000000164. The van der Waals surface area contributed by atoms with Crippen molar-refractivity contribution in [3.63, 3.8) is 0 Å². The number of hydrogen-bond donors (Lipinski definition) is 0. The van der Waals surface area contributed by atoms with Gasteiger partial charge in [-0.15, -0.1) is 11.8 Å². The molecule has 0 saturated heterocycles. The summed E-state index contributed by atoms with van der Waals surface area (Å²) in [5.41, 5.74) is -0.966. The highest BCUT2D eigenvalue weighted by Gasteiger charge is 2.55. The molecule has 24 heteroatoms. The van der Waals surface area contributed by atoms with E-state index in [2.05, 4.69) is 0 Å². The minimum absolute atomic E-state index is 0.0268. The predicted octanol–water partition coefficient (Wildman–Crippen LogP) is 13.3. The van der Waals surface area contributed by atoms with E-state index < -0.39 is 116 Å². The highest BCUT2D eigenvalue weighted by Crippen LogP contribution is 2.53. The molecule has 0 aromatic heterocycles. The van der Waals surface area contributed by atoms with Crippen molar-refractivity contribution in [3.05, 3.63) is 176 Å². The lowest BCUT2D eigenvalue weighted by molar-refractivity contribution is 0.438. The van der Waals surface area contributed by atoms with Crippen molar-refractivity contribution in [2.75, 3.05) is 17.3 Å². The summed E-state index contributed by atoms with van der Waals surface area (Å²) in [6.45, 7) is 4.81. The van der Waals surface area contributed by atoms with Gasteiger partial charge in [-0.2, -0.15) is 0 Å². The fourth-order valence-electron chi connectivity index (χ4n) is 9.95. The lowest BCUT2D eigenvalue weighted by Crippen LogP contribution is -2.43. The number of benzene rings is 6. The molecule has 0 amide bonds. The molecule has 6 aromatic carbocycles. The number of thioether (sulfide) groups is 1. The third-order valence-corrected chi connectivity index (χ3v) is 26.8. The first-order valence-corrected chi connectivity index (χ1v) is 32.4. The molecule has 3 aliphatic heterocycles. The van der Waals surface area contributed by atoms with E-state index in [9.17, 15) is 64.2 Å². The van der Waals surface area contributed by atoms with Crippen LogP contribution in [-0.4, -0.2) is 55.1 Å². The molecule has 0 N–H and O–H groups in total. The molecule has 3 aliphatic rings. The Labute approximate surface area is 453 Å². The van der Waals surface area contributed by atoms with Crippen LogP contribution in [0.4, 0.5) is 26.3 Å². The second kappa shape index (κ2) is 22.1. The van der Waals surface area contributed by atoms with Crippen molar-refractivity contribution in [2.45, 2.75) is 103 Å². The Morgan fingerprint density at radius 3 is 1.29 bits per heavy atom. The Morgan fingerprint density at radius 1 is 0.493 bits per heavy atom. The maximum absolute atomic E-state index is 14.7. The van der Waals surface area contributed by atoms with Crippen LogP contribution >= 0.6 is 46.6 Å². The lowest BCUT2D eigenvalue weighted by Gasteiger charge is -2.37. The molecule has 0 bridgehead atoms. The van der Waals surface area contributed by atoms with Gasteiger partial charge >= 0.3 is 0 Å². The van der Waals surface area contributed by atoms with Crippen LogP contribution in [0.1, 0.15) is 76.0 Å². The van der Waals surface area contributed by atoms with Crippen molar-refractivity contribution in [1.29, 1.82) is 0 Å². The summed E-state index contributed by atoms with van der Waals surface area (Å²) in [6, 6.07) is 21.9. The average molecular weight is 1210 g/mol. The summed E-state index contributed by atoms with van der Waals surface area (Å²) in [7, 11) is -18.1. The third kappa shape index (κ3) is 10.1. The van der Waals surface area contributed by atoms with Gasteiger partial charge < -0.3 is 0 Å². The van der Waals surface area contributed by atoms with E-state index in [1.165, 1.54) is 79.7 Å². The molecule has 0 fully saturated rings. The van der Waals surface area contributed by atoms with Gasteiger partial charge in [0.25, 0.3) is 0 Å². The number of hydrogen-bond acceptors (Lipinski definition) is 10. The van der Waals surface area contributed by atoms with Crippen LogP contribution in [0.25, 0.3) is 0 Å². The highest BCUT2D eigenvalue weighted by molar-refractivity contribution is 7.99. The first kappa shape index (κ1) is 58.7. The van der Waals surface area contributed by atoms with Crippen LogP contribution in [0, 0.1) is 34.9 Å². The van der Waals surface area contributed by atoms with Crippen molar-refractivity contribution in [3.8, 4) is 0 Å². The maximum atomic E-state index is 14.7. The van der Waals surface area contributed by atoms with Crippen LogP contribution in [0.15, 0.2) is 139 Å². The van der Waals surface area contributed by atoms with Crippen LogP contribution in [-0.2, 0) is 64.4 Å². The molecule has 0 spiro atoms. The monoisotopic (exact) mass is 1210 g/mol. The van der Waals surface area contributed by atoms with Crippen molar-refractivity contribution >= 4 is 96.7 Å². The number of sulfone groups is 4. The van der Waals surface area contributed by atoms with Crippen molar-refractivity contribution in [1.82, 2.24) is 0 Å². The highest BCUT2D eigenvalue weighted by atomic mass is 35.5. The molecule has 6 aromatic rings. The van der Waals surface area contributed by atoms with Gasteiger partial charge in [-0.1, -0.05) is 55.6 Å². The van der Waals surface area contributed by atoms with Gasteiger partial charge in [0, 0.05) is 37.5 Å². The molecule has 9 rings (SSSR count). The van der Waals surface area contributed by atoms with E-state index in [0.29, 0.717) is 26.9 Å². The average Bonchev–Trinajstić information content (AvgIpc) is 3.37. The second-order valence-electron chi connectivity index (χ2n) is 17.6. The Bertz CT molecular complexity index is 3690. The Hall–Kier alpha value is -3.93. The molecule has 402 valence electrons. The molecule has 0 aliphatic carbocycles. The number of fused-ring (bicyclic) bond motifs is 3. The minimum atomic E-state index is -4.22. The lowest BCUT2D eigenvalue weighted by atomic mass is 9.91. The molecule has 75 heavy (non-hydrogen) atoms. The van der Waals surface area contributed by atoms with Gasteiger partial charge in [0.2, 0.25) is 0 Å². The SMILES string of the molecule is CCC1(S(=O)(=O)c2ccc(Cl)cc2)CCS(=O)(=O)c2c(F)ccc(F)c21.CCC1(S(=O)(=O)c2ccc(Cl)cc2)CCS(=O)c2c(F)ccc(F)c21.CCC1(S(=O)(=O)c2ccc(Cl)cc2)CCSc2c(F)ccc(F)c21. The molecule has 4 atom stereocenters. The number of halogens is 9. The van der Waals surface area contributed by atoms with E-state index in [-0.39, 0.29) is 79.9 Å². The zero-order valence-corrected chi connectivity index (χ0v) is 46.9. The van der Waals surface area contributed by atoms with Crippen molar-refractivity contribution in [2.24, 2.45) is 0 Å². The van der Waals surface area contributed by atoms with E-state index in [0.717, 1.165) is 42.1 Å². The summed E-state index contributed by atoms with van der Waals surface area (Å²) in [5.74, 6) is -5.39. The van der Waals surface area contributed by atoms with Gasteiger partial charge in [-0.25, -0.2) is 60.0 Å². The minimum Gasteiger partial charge on any atom is -0.254 e. The third-order valence-electron chi connectivity index (χ3n) is 13.9. The van der Waals surface area contributed by atoms with Gasteiger partial charge in [0.1, 0.15) is 54.0 Å². The summed E-state index contributed by atoms with van der Waals surface area (Å²) < 4.78 is 199. The fraction of sp³-hybridized carbons (Fsp3) is 0.294. The van der Waals surface area contributed by atoms with Gasteiger partial charge in [-0.3, -0.25) is 4.21 Å². The molecular formula is C51H45Cl3F6O9S6. The smallest absolute Gasteiger partial charge is 0.188 e. The van der Waals surface area contributed by atoms with Crippen LogP contribution in [0.5, 0.6) is 0 Å².